The summed E-state index contributed by atoms with van der Waals surface area (Å²) >= 11 is -0.862. The monoisotopic (exact) mass is 272 g/mol. The molecule has 0 aromatic heterocycles. The zero-order valence-electron chi connectivity index (χ0n) is 5.70. The topological polar surface area (TPSA) is 84.6 Å². The third-order valence-electron chi connectivity index (χ3n) is 1.58. The molecule has 11 heavy (non-hydrogen) atoms. The number of aliphatic hydroxyl groups excluding tert-OH is 1. The summed E-state index contributed by atoms with van der Waals surface area (Å²) in [5.74, 6) is 0. The molecule has 2 atom stereocenters. The Morgan fingerprint density at radius 1 is 1.73 bits per heavy atom. The number of rotatable bonds is 1. The summed E-state index contributed by atoms with van der Waals surface area (Å²) in [5, 5.41) is 17.7. The van der Waals surface area contributed by atoms with Crippen molar-refractivity contribution in [2.75, 3.05) is 6.54 Å². The van der Waals surface area contributed by atoms with Crippen LogP contribution >= 0.6 is 21.0 Å². The van der Waals surface area contributed by atoms with Gasteiger partial charge in [-0.2, -0.15) is 0 Å². The van der Waals surface area contributed by atoms with Gasteiger partial charge in [-0.05, 0) is 0 Å². The van der Waals surface area contributed by atoms with E-state index in [1.54, 1.807) is 0 Å². The fourth-order valence-corrected chi connectivity index (χ4v) is 2.71. The first kappa shape index (κ1) is 8.85. The number of alkyl halides is 1. The highest BCUT2D eigenvalue weighted by Gasteiger charge is 2.33. The van der Waals surface area contributed by atoms with Crippen LogP contribution in [0.25, 0.3) is 0 Å². The summed E-state index contributed by atoms with van der Waals surface area (Å²) in [5.41, 5.74) is 0. The second-order valence-electron chi connectivity index (χ2n) is 2.37. The molecule has 0 spiro atoms. The summed E-state index contributed by atoms with van der Waals surface area (Å²) in [6.07, 6.45) is -1.12. The van der Waals surface area contributed by atoms with E-state index in [0.29, 0.717) is 6.42 Å². The first-order valence-electron chi connectivity index (χ1n) is 3.12. The fourth-order valence-electron chi connectivity index (χ4n) is 1.07. The van der Waals surface area contributed by atoms with Gasteiger partial charge < -0.3 is 10.2 Å². The lowest BCUT2D eigenvalue weighted by molar-refractivity contribution is 0.139. The van der Waals surface area contributed by atoms with E-state index in [-0.39, 0.29) is 10.6 Å². The van der Waals surface area contributed by atoms with Crippen molar-refractivity contribution in [2.45, 2.75) is 16.6 Å². The highest BCUT2D eigenvalue weighted by atomic mass is 127. The molecule has 0 aromatic rings. The fraction of sp³-hybridized carbons (Fsp3) is 0.800. The minimum atomic E-state index is -1.02. The van der Waals surface area contributed by atoms with Crippen LogP contribution in [0.1, 0.15) is 6.42 Å². The molecule has 1 aliphatic heterocycles. The zero-order valence-corrected chi connectivity index (χ0v) is 7.85. The van der Waals surface area contributed by atoms with Crippen LogP contribution in [0.4, 0.5) is 4.79 Å². The van der Waals surface area contributed by atoms with E-state index in [1.807, 2.05) is 0 Å². The SMILES string of the molecule is N=I[C@@H]1C[C@@H](O)CN1C(=O)O. The number of hydrogen-bond donors (Lipinski definition) is 3. The highest BCUT2D eigenvalue weighted by Crippen LogP contribution is 2.26. The molecule has 64 valence electrons. The van der Waals surface area contributed by atoms with Crippen LogP contribution in [0.2, 0.25) is 0 Å². The molecule has 5 nitrogen and oxygen atoms in total. The maximum atomic E-state index is 10.5. The van der Waals surface area contributed by atoms with Crippen molar-refractivity contribution in [3.63, 3.8) is 0 Å². The van der Waals surface area contributed by atoms with E-state index in [9.17, 15) is 4.79 Å². The Kier molecular flexibility index (Phi) is 2.77. The molecule has 1 aliphatic rings. The molecule has 1 saturated heterocycles. The van der Waals surface area contributed by atoms with E-state index in [0.717, 1.165) is 0 Å². The van der Waals surface area contributed by atoms with Crippen LogP contribution < -0.4 is 0 Å². The van der Waals surface area contributed by atoms with Crippen LogP contribution in [0.5, 0.6) is 0 Å². The first-order valence-corrected chi connectivity index (χ1v) is 5.44. The summed E-state index contributed by atoms with van der Waals surface area (Å²) in [6, 6.07) is 0. The molecule has 1 amide bonds. The Morgan fingerprint density at radius 3 is 2.73 bits per heavy atom. The molecule has 3 N–H and O–H groups in total. The number of likely N-dealkylation sites (tertiary alicyclic amines) is 1. The number of β-amino-alcohol motifs (C(OH)–C–C–N with tert-alkyl or cyclic N) is 1. The van der Waals surface area contributed by atoms with Crippen LogP contribution in [-0.4, -0.2) is 37.9 Å². The number of nitrogens with one attached hydrogen (secondary N) is 1. The van der Waals surface area contributed by atoms with Crippen molar-refractivity contribution in [1.82, 2.24) is 4.90 Å². The summed E-state index contributed by atoms with van der Waals surface area (Å²) in [4.78, 5) is 11.6. The van der Waals surface area contributed by atoms with Crippen molar-refractivity contribution < 1.29 is 15.0 Å². The van der Waals surface area contributed by atoms with Crippen molar-refractivity contribution >= 4 is 27.1 Å². The quantitative estimate of drug-likeness (QED) is 0.375. The van der Waals surface area contributed by atoms with Crippen molar-refractivity contribution in [3.05, 3.63) is 0 Å². The molecule has 0 aliphatic carbocycles. The van der Waals surface area contributed by atoms with Gasteiger partial charge >= 0.3 is 6.09 Å². The van der Waals surface area contributed by atoms with Gasteiger partial charge in [0.15, 0.2) is 0 Å². The number of amides is 1. The highest BCUT2D eigenvalue weighted by molar-refractivity contribution is 14.1. The van der Waals surface area contributed by atoms with Crippen LogP contribution in [-0.2, 0) is 0 Å². The minimum absolute atomic E-state index is 0.179. The molecule has 1 fully saturated rings. The Hall–Kier alpha value is -0.240. The maximum absolute atomic E-state index is 10.5. The lowest BCUT2D eigenvalue weighted by Crippen LogP contribution is -2.31. The van der Waals surface area contributed by atoms with E-state index in [2.05, 4.69) is 0 Å². The van der Waals surface area contributed by atoms with Gasteiger partial charge in [0.2, 0.25) is 0 Å². The predicted octanol–water partition coefficient (Wildman–Crippen LogP) is 0.790. The molecule has 1 heterocycles. The summed E-state index contributed by atoms with van der Waals surface area (Å²) < 4.78 is 6.90. The zero-order chi connectivity index (χ0) is 8.43. The van der Waals surface area contributed by atoms with Gasteiger partial charge in [-0.3, -0.25) is 8.46 Å². The van der Waals surface area contributed by atoms with Crippen LogP contribution in [0.15, 0.2) is 0 Å². The average molecular weight is 272 g/mol. The maximum Gasteiger partial charge on any atom is 0.408 e. The van der Waals surface area contributed by atoms with Gasteiger partial charge in [-0.1, -0.05) is 0 Å². The molecular formula is C5H9IN2O3. The summed E-state index contributed by atoms with van der Waals surface area (Å²) in [6.45, 7) is 0.179. The van der Waals surface area contributed by atoms with Gasteiger partial charge in [-0.15, -0.1) is 0 Å². The van der Waals surface area contributed by atoms with E-state index in [1.165, 1.54) is 4.90 Å². The third-order valence-corrected chi connectivity index (χ3v) is 3.48. The van der Waals surface area contributed by atoms with Gasteiger partial charge in [0, 0.05) is 27.5 Å². The molecule has 6 heteroatoms. The molecular weight excluding hydrogens is 263 g/mol. The Morgan fingerprint density at radius 2 is 2.36 bits per heavy atom. The van der Waals surface area contributed by atoms with E-state index >= 15 is 0 Å². The Labute approximate surface area is 74.0 Å². The van der Waals surface area contributed by atoms with Crippen molar-refractivity contribution in [3.8, 4) is 0 Å². The third kappa shape index (κ3) is 1.86. The first-order chi connectivity index (χ1) is 5.15. The molecule has 0 saturated carbocycles. The van der Waals surface area contributed by atoms with Gasteiger partial charge in [0.05, 0.1) is 12.6 Å². The van der Waals surface area contributed by atoms with Gasteiger partial charge in [0.1, 0.15) is 4.05 Å². The van der Waals surface area contributed by atoms with E-state index < -0.39 is 33.2 Å². The molecule has 0 bridgehead atoms. The largest absolute Gasteiger partial charge is 0.465 e. The van der Waals surface area contributed by atoms with E-state index in [4.69, 9.17) is 13.8 Å². The van der Waals surface area contributed by atoms with Crippen LogP contribution in [0.3, 0.4) is 0 Å². The minimum Gasteiger partial charge on any atom is -0.465 e. The number of carboxylic acid groups (broad SMARTS) is 1. The smallest absolute Gasteiger partial charge is 0.408 e. The molecule has 0 radical (unpaired) electrons. The van der Waals surface area contributed by atoms with Crippen molar-refractivity contribution in [2.24, 2.45) is 0 Å². The predicted molar refractivity (Wildman–Crippen MR) is 45.9 cm³/mol. The van der Waals surface area contributed by atoms with Crippen LogP contribution in [0, 0.1) is 3.56 Å². The second-order valence-corrected chi connectivity index (χ2v) is 4.43. The lowest BCUT2D eigenvalue weighted by Gasteiger charge is -2.15. The molecule has 1 rings (SSSR count). The number of halogens is 1. The van der Waals surface area contributed by atoms with Gasteiger partial charge in [0.25, 0.3) is 0 Å². The second kappa shape index (κ2) is 3.44. The molecule has 0 unspecified atom stereocenters. The summed E-state index contributed by atoms with van der Waals surface area (Å²) in [7, 11) is 0. The average Bonchev–Trinajstić information content (AvgIpc) is 2.30. The normalized spacial score (nSPS) is 30.8. The lowest BCUT2D eigenvalue weighted by atomic mass is 10.3. The Bertz CT molecular complexity index is 187. The Balaban J connectivity index is 2.64. The number of hydrogen-bond acceptors (Lipinski definition) is 3. The van der Waals surface area contributed by atoms with Gasteiger partial charge in [-0.25, -0.2) is 4.79 Å². The van der Waals surface area contributed by atoms with Crippen molar-refractivity contribution in [1.29, 1.82) is 3.56 Å². The standard InChI is InChI=1S/C5H9IN2O3/c7-6-4-1-3(9)2-8(4)5(10)11/h3-4,7,9H,1-2H2,(H,10,11)/t3-,4+/m1/s1. The number of carbonyl (C=O) groups is 1. The number of aliphatic hydroxyl groups is 1. The number of nitrogens with zero attached hydrogens (tertiary/aromatic N) is 1. The molecule has 0 aromatic carbocycles.